The Morgan fingerprint density at radius 3 is 2.47 bits per heavy atom. The fourth-order valence-electron chi connectivity index (χ4n) is 1.55. The molecule has 0 radical (unpaired) electrons. The van der Waals surface area contributed by atoms with Crippen molar-refractivity contribution >= 4 is 27.7 Å². The molecule has 1 rings (SSSR count). The second-order valence-electron chi connectivity index (χ2n) is 3.84. The maximum Gasteiger partial charge on any atom is 0.338 e. The van der Waals surface area contributed by atoms with Crippen LogP contribution in [0.2, 0.25) is 0 Å². The molecule has 6 heteroatoms. The van der Waals surface area contributed by atoms with Crippen molar-refractivity contribution in [3.8, 4) is 0 Å². The molecule has 0 aliphatic heterocycles. The number of hydrogen-bond acceptors (Lipinski definition) is 3. The molecule has 1 aromatic carbocycles. The van der Waals surface area contributed by atoms with Gasteiger partial charge in [0.25, 0.3) is 6.43 Å². The molecule has 0 N–H and O–H groups in total. The maximum atomic E-state index is 13.0. The minimum atomic E-state index is -2.81. The fraction of sp³-hybridized carbons (Fsp3) is 0.385. The van der Waals surface area contributed by atoms with Crippen LogP contribution in [0.4, 0.5) is 8.78 Å². The molecule has 0 aliphatic rings. The standard InChI is InChI=1S/C13H13BrF2O3/c1-3-19-13(18)9-5-4-8(11(14)7(2)17)6-10(9)12(15)16/h4-6,11-12H,3H2,1-2H3. The van der Waals surface area contributed by atoms with Crippen molar-refractivity contribution in [3.63, 3.8) is 0 Å². The topological polar surface area (TPSA) is 43.4 Å². The summed E-state index contributed by atoms with van der Waals surface area (Å²) in [5, 5.41) is 0. The van der Waals surface area contributed by atoms with Gasteiger partial charge in [0, 0.05) is 5.56 Å². The predicted octanol–water partition coefficient (Wildman–Crippen LogP) is 3.83. The van der Waals surface area contributed by atoms with Crippen molar-refractivity contribution in [3.05, 3.63) is 34.9 Å². The van der Waals surface area contributed by atoms with Crippen LogP contribution in [0, 0.1) is 0 Å². The summed E-state index contributed by atoms with van der Waals surface area (Å²) >= 11 is 3.12. The highest BCUT2D eigenvalue weighted by Gasteiger charge is 2.22. The molecule has 0 fully saturated rings. The molecule has 0 saturated carbocycles. The number of ether oxygens (including phenoxy) is 1. The van der Waals surface area contributed by atoms with Gasteiger partial charge in [-0.05, 0) is 31.5 Å². The van der Waals surface area contributed by atoms with E-state index >= 15 is 0 Å². The summed E-state index contributed by atoms with van der Waals surface area (Å²) in [5.74, 6) is -0.998. The molecule has 0 spiro atoms. The van der Waals surface area contributed by atoms with Crippen molar-refractivity contribution in [2.75, 3.05) is 6.61 Å². The molecular formula is C13H13BrF2O3. The third kappa shape index (κ3) is 3.83. The molecular weight excluding hydrogens is 322 g/mol. The Balaban J connectivity index is 3.22. The Bertz CT molecular complexity index is 489. The molecule has 0 aromatic heterocycles. The van der Waals surface area contributed by atoms with Gasteiger partial charge in [-0.15, -0.1) is 0 Å². The maximum absolute atomic E-state index is 13.0. The quantitative estimate of drug-likeness (QED) is 0.607. The summed E-state index contributed by atoms with van der Waals surface area (Å²) in [6, 6.07) is 3.86. The molecule has 1 atom stereocenters. The third-order valence-corrected chi connectivity index (χ3v) is 3.63. The van der Waals surface area contributed by atoms with E-state index < -0.39 is 22.8 Å². The van der Waals surface area contributed by atoms with Crippen LogP contribution in [0.25, 0.3) is 0 Å². The number of rotatable bonds is 5. The van der Waals surface area contributed by atoms with Gasteiger partial charge in [-0.25, -0.2) is 13.6 Å². The Morgan fingerprint density at radius 1 is 1.37 bits per heavy atom. The molecule has 0 amide bonds. The summed E-state index contributed by atoms with van der Waals surface area (Å²) in [4.78, 5) is 22.1. The molecule has 0 saturated heterocycles. The van der Waals surface area contributed by atoms with Crippen LogP contribution in [-0.2, 0) is 9.53 Å². The third-order valence-electron chi connectivity index (χ3n) is 2.46. The van der Waals surface area contributed by atoms with E-state index in [2.05, 4.69) is 15.9 Å². The fourth-order valence-corrected chi connectivity index (χ4v) is 1.83. The number of carbonyl (C=O) groups is 2. The molecule has 1 aromatic rings. The Hall–Kier alpha value is -1.30. The van der Waals surface area contributed by atoms with Crippen LogP contribution in [0.1, 0.15) is 46.6 Å². The lowest BCUT2D eigenvalue weighted by molar-refractivity contribution is -0.116. The molecule has 1 unspecified atom stereocenters. The molecule has 0 bridgehead atoms. The highest BCUT2D eigenvalue weighted by Crippen LogP contribution is 2.30. The van der Waals surface area contributed by atoms with Gasteiger partial charge in [0.15, 0.2) is 0 Å². The summed E-state index contributed by atoms with van der Waals surface area (Å²) in [5.41, 5.74) is -0.221. The highest BCUT2D eigenvalue weighted by atomic mass is 79.9. The number of esters is 1. The van der Waals surface area contributed by atoms with Crippen LogP contribution in [-0.4, -0.2) is 18.4 Å². The first-order chi connectivity index (χ1) is 8.88. The average Bonchev–Trinajstić information content (AvgIpc) is 2.37. The van der Waals surface area contributed by atoms with E-state index in [4.69, 9.17) is 4.74 Å². The van der Waals surface area contributed by atoms with Crippen LogP contribution >= 0.6 is 15.9 Å². The Kier molecular flexibility index (Phi) is 5.60. The van der Waals surface area contributed by atoms with Gasteiger partial charge in [-0.3, -0.25) is 4.79 Å². The number of ketones is 1. The second-order valence-corrected chi connectivity index (χ2v) is 4.76. The van der Waals surface area contributed by atoms with Crippen LogP contribution in [0.3, 0.4) is 0 Å². The van der Waals surface area contributed by atoms with E-state index in [-0.39, 0.29) is 18.0 Å². The molecule has 0 heterocycles. The monoisotopic (exact) mass is 334 g/mol. The second kappa shape index (κ2) is 6.75. The zero-order valence-corrected chi connectivity index (χ0v) is 12.0. The lowest BCUT2D eigenvalue weighted by Gasteiger charge is -2.12. The summed E-state index contributed by atoms with van der Waals surface area (Å²) in [6.45, 7) is 3.05. The molecule has 0 aliphatic carbocycles. The largest absolute Gasteiger partial charge is 0.462 e. The number of alkyl halides is 3. The zero-order chi connectivity index (χ0) is 14.6. The van der Waals surface area contributed by atoms with Crippen LogP contribution < -0.4 is 0 Å². The van der Waals surface area contributed by atoms with E-state index in [1.807, 2.05) is 0 Å². The van der Waals surface area contributed by atoms with E-state index in [0.717, 1.165) is 6.07 Å². The normalized spacial score (nSPS) is 12.3. The van der Waals surface area contributed by atoms with E-state index in [1.165, 1.54) is 19.1 Å². The Labute approximate surface area is 118 Å². The minimum absolute atomic E-state index is 0.109. The summed E-state index contributed by atoms with van der Waals surface area (Å²) in [6.07, 6.45) is -2.81. The number of carbonyl (C=O) groups excluding carboxylic acids is 2. The molecule has 104 valence electrons. The Morgan fingerprint density at radius 2 is 2.00 bits per heavy atom. The predicted molar refractivity (Wildman–Crippen MR) is 69.7 cm³/mol. The average molecular weight is 335 g/mol. The lowest BCUT2D eigenvalue weighted by Crippen LogP contribution is -2.10. The SMILES string of the molecule is CCOC(=O)c1ccc(C(Br)C(C)=O)cc1C(F)F. The highest BCUT2D eigenvalue weighted by molar-refractivity contribution is 9.09. The molecule has 19 heavy (non-hydrogen) atoms. The van der Waals surface area contributed by atoms with Gasteiger partial charge in [0.05, 0.1) is 17.0 Å². The summed E-state index contributed by atoms with van der Waals surface area (Å²) in [7, 11) is 0. The van der Waals surface area contributed by atoms with Crippen molar-refractivity contribution in [1.29, 1.82) is 0 Å². The van der Waals surface area contributed by atoms with Crippen molar-refractivity contribution in [2.45, 2.75) is 25.1 Å². The first kappa shape index (κ1) is 15.8. The van der Waals surface area contributed by atoms with Crippen molar-refractivity contribution < 1.29 is 23.1 Å². The number of halogens is 3. The van der Waals surface area contributed by atoms with E-state index in [1.54, 1.807) is 6.92 Å². The van der Waals surface area contributed by atoms with Gasteiger partial charge in [-0.1, -0.05) is 22.0 Å². The number of Topliss-reactive ketones (excluding diaryl/α,β-unsaturated/α-hetero) is 1. The van der Waals surface area contributed by atoms with Crippen LogP contribution in [0.5, 0.6) is 0 Å². The zero-order valence-electron chi connectivity index (χ0n) is 10.5. The molecule has 3 nitrogen and oxygen atoms in total. The number of benzene rings is 1. The van der Waals surface area contributed by atoms with Gasteiger partial charge < -0.3 is 4.74 Å². The van der Waals surface area contributed by atoms with Gasteiger partial charge in [0.1, 0.15) is 5.78 Å². The van der Waals surface area contributed by atoms with Crippen LogP contribution in [0.15, 0.2) is 18.2 Å². The van der Waals surface area contributed by atoms with E-state index in [0.29, 0.717) is 5.56 Å². The van der Waals surface area contributed by atoms with Gasteiger partial charge >= 0.3 is 5.97 Å². The van der Waals surface area contributed by atoms with E-state index in [9.17, 15) is 18.4 Å². The van der Waals surface area contributed by atoms with Gasteiger partial charge in [-0.2, -0.15) is 0 Å². The van der Waals surface area contributed by atoms with Gasteiger partial charge in [0.2, 0.25) is 0 Å². The summed E-state index contributed by atoms with van der Waals surface area (Å²) < 4.78 is 30.6. The minimum Gasteiger partial charge on any atom is -0.462 e. The number of hydrogen-bond donors (Lipinski definition) is 0. The first-order valence-electron chi connectivity index (χ1n) is 5.62. The smallest absolute Gasteiger partial charge is 0.338 e. The van der Waals surface area contributed by atoms with Crippen molar-refractivity contribution in [1.82, 2.24) is 0 Å². The first-order valence-corrected chi connectivity index (χ1v) is 6.53. The lowest BCUT2D eigenvalue weighted by atomic mass is 10.0. The van der Waals surface area contributed by atoms with Crippen molar-refractivity contribution in [2.24, 2.45) is 0 Å².